The van der Waals surface area contributed by atoms with Crippen LogP contribution in [0.3, 0.4) is 0 Å². The van der Waals surface area contributed by atoms with Crippen molar-refractivity contribution >= 4 is 48.5 Å². The van der Waals surface area contributed by atoms with Gasteiger partial charge in [0, 0.05) is 5.57 Å². The molecule has 0 saturated carbocycles. The van der Waals surface area contributed by atoms with Gasteiger partial charge >= 0.3 is 5.97 Å². The summed E-state index contributed by atoms with van der Waals surface area (Å²) in [5, 5.41) is 0. The predicted molar refractivity (Wildman–Crippen MR) is 70.9 cm³/mol. The first-order chi connectivity index (χ1) is 6.91. The molecule has 0 heterocycles. The molecule has 2 nitrogen and oxygen atoms in total. The molecule has 0 amide bonds. The van der Waals surface area contributed by atoms with Gasteiger partial charge in [0.2, 0.25) is 0 Å². The lowest BCUT2D eigenvalue weighted by Gasteiger charge is -2.10. The molecule has 15 heavy (non-hydrogen) atoms. The van der Waals surface area contributed by atoms with Gasteiger partial charge in [-0.2, -0.15) is 0 Å². The first-order valence-electron chi connectivity index (χ1n) is 4.56. The van der Waals surface area contributed by atoms with Crippen LogP contribution in [0.2, 0.25) is 0 Å². The van der Waals surface area contributed by atoms with Gasteiger partial charge in [0.25, 0.3) is 0 Å². The fraction of sp³-hybridized carbons (Fsp3) is 0.100. The second kappa shape index (κ2) is 4.71. The molecule has 5 heteroatoms. The van der Waals surface area contributed by atoms with Gasteiger partial charge < -0.3 is 4.74 Å². The van der Waals surface area contributed by atoms with Crippen LogP contribution in [0.5, 0.6) is 5.75 Å². The van der Waals surface area contributed by atoms with Crippen LogP contribution < -0.4 is 15.7 Å². The summed E-state index contributed by atoms with van der Waals surface area (Å²) < 4.78 is 5.99. The van der Waals surface area contributed by atoms with E-state index >= 15 is 0 Å². The second-order valence-corrected chi connectivity index (χ2v) is 4.42. The van der Waals surface area contributed by atoms with E-state index in [1.807, 2.05) is 27.8 Å². The third kappa shape index (κ3) is 2.99. The zero-order valence-corrected chi connectivity index (χ0v) is 10.6. The highest BCUT2D eigenvalue weighted by atomic mass is 79.9. The highest BCUT2D eigenvalue weighted by Crippen LogP contribution is 2.21. The molecule has 0 aliphatic carbocycles. The van der Waals surface area contributed by atoms with Crippen molar-refractivity contribution in [2.75, 3.05) is 0 Å². The molecule has 0 aliphatic heterocycles. The van der Waals surface area contributed by atoms with Crippen LogP contribution in [-0.2, 0) is 4.79 Å². The van der Waals surface area contributed by atoms with Crippen LogP contribution in [0, 0.1) is 0 Å². The minimum absolute atomic E-state index is 0.391. The Morgan fingerprint density at radius 2 is 2.07 bits per heavy atom. The van der Waals surface area contributed by atoms with E-state index < -0.39 is 5.97 Å². The molecule has 0 aliphatic rings. The molecule has 0 atom stereocenters. The van der Waals surface area contributed by atoms with Gasteiger partial charge in [0.1, 0.15) is 21.4 Å². The molecule has 0 spiro atoms. The number of esters is 1. The summed E-state index contributed by atoms with van der Waals surface area (Å²) in [4.78, 5) is 11.4. The van der Waals surface area contributed by atoms with Gasteiger partial charge in [0.15, 0.2) is 0 Å². The molecule has 0 N–H and O–H groups in total. The minimum atomic E-state index is -0.400. The van der Waals surface area contributed by atoms with Crippen molar-refractivity contribution < 1.29 is 9.53 Å². The molecule has 0 saturated heterocycles. The molecule has 1 aromatic rings. The Morgan fingerprint density at radius 1 is 1.47 bits per heavy atom. The molecular weight excluding hydrogens is 254 g/mol. The largest absolute Gasteiger partial charge is 0.423 e. The summed E-state index contributed by atoms with van der Waals surface area (Å²) in [6.45, 7) is 5.16. The van der Waals surface area contributed by atoms with E-state index in [0.29, 0.717) is 11.3 Å². The average molecular weight is 265 g/mol. The average Bonchev–Trinajstić information content (AvgIpc) is 2.10. The number of carbonyl (C=O) groups excluding carboxylic acids is 1. The summed E-state index contributed by atoms with van der Waals surface area (Å²) in [5.41, 5.74) is 2.44. The highest BCUT2D eigenvalue weighted by Gasteiger charge is 2.11. The van der Waals surface area contributed by atoms with Crippen LogP contribution in [-0.4, -0.2) is 21.7 Å². The van der Waals surface area contributed by atoms with E-state index in [1.54, 1.807) is 6.92 Å². The Bertz CT molecular complexity index is 406. The summed E-state index contributed by atoms with van der Waals surface area (Å²) in [5.74, 6) is 0.163. The van der Waals surface area contributed by atoms with Crippen molar-refractivity contribution in [1.82, 2.24) is 0 Å². The van der Waals surface area contributed by atoms with E-state index in [0.717, 1.165) is 15.4 Å². The van der Waals surface area contributed by atoms with Gasteiger partial charge in [-0.15, -0.1) is 0 Å². The Morgan fingerprint density at radius 3 is 2.53 bits per heavy atom. The van der Waals surface area contributed by atoms with Crippen LogP contribution in [0.15, 0.2) is 28.8 Å². The molecule has 0 fully saturated rings. The normalized spacial score (nSPS) is 9.73. The standard InChI is InChI=1S/C10H11B2BrO2/c1-5(2)10(14)15-9-7(12)3-6(11)4-8(9)13/h3-4H,1,11-12H2,2H3. The van der Waals surface area contributed by atoms with Crippen molar-refractivity contribution in [3.63, 3.8) is 0 Å². The van der Waals surface area contributed by atoms with Gasteiger partial charge in [-0.05, 0) is 28.3 Å². The number of halogens is 1. The van der Waals surface area contributed by atoms with Crippen molar-refractivity contribution in [2.45, 2.75) is 6.92 Å². The third-order valence-corrected chi connectivity index (χ3v) is 2.51. The molecular formula is C10H11B2BrO2. The number of hydrogen-bond donors (Lipinski definition) is 0. The summed E-state index contributed by atoms with van der Waals surface area (Å²) in [7, 11) is 3.89. The first-order valence-corrected chi connectivity index (χ1v) is 5.35. The van der Waals surface area contributed by atoms with Crippen molar-refractivity contribution in [2.24, 2.45) is 0 Å². The van der Waals surface area contributed by atoms with Crippen molar-refractivity contribution in [3.8, 4) is 5.75 Å². The van der Waals surface area contributed by atoms with Crippen molar-refractivity contribution in [3.05, 3.63) is 28.8 Å². The van der Waals surface area contributed by atoms with E-state index in [1.165, 1.54) is 0 Å². The van der Waals surface area contributed by atoms with Crippen LogP contribution >= 0.6 is 15.9 Å². The summed E-state index contributed by atoms with van der Waals surface area (Å²) >= 11 is 3.37. The first kappa shape index (κ1) is 12.1. The Kier molecular flexibility index (Phi) is 3.80. The van der Waals surface area contributed by atoms with Crippen LogP contribution in [0.25, 0.3) is 0 Å². The fourth-order valence-electron chi connectivity index (χ4n) is 1.21. The monoisotopic (exact) mass is 264 g/mol. The molecule has 0 radical (unpaired) electrons. The molecule has 0 aromatic heterocycles. The molecule has 0 bridgehead atoms. The van der Waals surface area contributed by atoms with E-state index in [2.05, 4.69) is 22.5 Å². The van der Waals surface area contributed by atoms with Gasteiger partial charge in [-0.1, -0.05) is 24.2 Å². The highest BCUT2D eigenvalue weighted by molar-refractivity contribution is 9.10. The third-order valence-electron chi connectivity index (χ3n) is 1.92. The van der Waals surface area contributed by atoms with Crippen molar-refractivity contribution in [1.29, 1.82) is 0 Å². The molecule has 1 rings (SSSR count). The van der Waals surface area contributed by atoms with E-state index in [-0.39, 0.29) is 0 Å². The minimum Gasteiger partial charge on any atom is -0.423 e. The maximum Gasteiger partial charge on any atom is 0.338 e. The van der Waals surface area contributed by atoms with E-state index in [9.17, 15) is 4.79 Å². The predicted octanol–water partition coefficient (Wildman–Crippen LogP) is -0.553. The lowest BCUT2D eigenvalue weighted by Crippen LogP contribution is -2.20. The smallest absolute Gasteiger partial charge is 0.338 e. The summed E-state index contributed by atoms with van der Waals surface area (Å²) in [6, 6.07) is 3.87. The number of ether oxygens (including phenoxy) is 1. The number of hydrogen-bond acceptors (Lipinski definition) is 2. The van der Waals surface area contributed by atoms with Gasteiger partial charge in [-0.25, -0.2) is 4.79 Å². The molecule has 1 aromatic carbocycles. The maximum atomic E-state index is 11.4. The lowest BCUT2D eigenvalue weighted by molar-refractivity contribution is -0.130. The van der Waals surface area contributed by atoms with Crippen LogP contribution in [0.1, 0.15) is 6.92 Å². The fourth-order valence-corrected chi connectivity index (χ4v) is 1.97. The zero-order chi connectivity index (χ0) is 11.6. The maximum absolute atomic E-state index is 11.4. The van der Waals surface area contributed by atoms with Gasteiger partial charge in [-0.3, -0.25) is 0 Å². The number of benzene rings is 1. The Labute approximate surface area is 99.6 Å². The van der Waals surface area contributed by atoms with E-state index in [4.69, 9.17) is 4.74 Å². The Hall–Kier alpha value is -0.960. The topological polar surface area (TPSA) is 26.3 Å². The SMILES string of the molecule is Bc1cc(B)c(OC(=O)C(=C)C)c(Br)c1. The lowest BCUT2D eigenvalue weighted by atomic mass is 9.87. The summed E-state index contributed by atoms with van der Waals surface area (Å²) in [6.07, 6.45) is 0. The Balaban J connectivity index is 3.05. The molecule has 76 valence electrons. The zero-order valence-electron chi connectivity index (χ0n) is 9.06. The number of rotatable bonds is 2. The number of carbonyl (C=O) groups is 1. The quantitative estimate of drug-likeness (QED) is 0.310. The second-order valence-electron chi connectivity index (χ2n) is 3.56. The van der Waals surface area contributed by atoms with Crippen LogP contribution in [0.4, 0.5) is 0 Å². The van der Waals surface area contributed by atoms with Gasteiger partial charge in [0.05, 0.1) is 4.47 Å². The molecule has 0 unspecified atom stereocenters.